The number of nitrogens with zero attached hydrogens (tertiary/aromatic N) is 1. The molecule has 0 radical (unpaired) electrons. The number of benzene rings is 2. The molecule has 138 valence electrons. The molecule has 5 nitrogen and oxygen atoms in total. The lowest BCUT2D eigenvalue weighted by Gasteiger charge is -2.21. The van der Waals surface area contributed by atoms with Crippen molar-refractivity contribution in [3.63, 3.8) is 0 Å². The number of amides is 3. The van der Waals surface area contributed by atoms with E-state index in [0.29, 0.717) is 17.8 Å². The molecule has 0 saturated heterocycles. The Bertz CT molecular complexity index is 782. The Morgan fingerprint density at radius 3 is 2.23 bits per heavy atom. The number of carbonyl (C=O) groups excluding carboxylic acids is 2. The fourth-order valence-corrected chi connectivity index (χ4v) is 2.70. The fraction of sp³-hybridized carbons (Fsp3) is 0.300. The molecule has 0 bridgehead atoms. The van der Waals surface area contributed by atoms with E-state index in [9.17, 15) is 9.59 Å². The van der Waals surface area contributed by atoms with Crippen LogP contribution >= 0.6 is 15.9 Å². The molecular formula is C20H24BrN3O2. The molecule has 0 unspecified atom stereocenters. The maximum absolute atomic E-state index is 12.4. The van der Waals surface area contributed by atoms with Crippen molar-refractivity contribution in [1.29, 1.82) is 0 Å². The Hall–Kier alpha value is -2.34. The molecule has 2 rings (SSSR count). The first-order valence-electron chi connectivity index (χ1n) is 8.34. The van der Waals surface area contributed by atoms with Crippen LogP contribution in [-0.2, 0) is 6.54 Å². The number of nitrogens with one attached hydrogen (secondary N) is 2. The molecule has 0 aliphatic heterocycles. The van der Waals surface area contributed by atoms with Crippen molar-refractivity contribution in [3.05, 3.63) is 64.1 Å². The maximum atomic E-state index is 12.4. The van der Waals surface area contributed by atoms with E-state index in [1.165, 1.54) is 0 Å². The predicted molar refractivity (Wildman–Crippen MR) is 108 cm³/mol. The third-order valence-electron chi connectivity index (χ3n) is 3.60. The number of halogens is 1. The van der Waals surface area contributed by atoms with Crippen LogP contribution in [0.4, 0.5) is 10.5 Å². The summed E-state index contributed by atoms with van der Waals surface area (Å²) in [5.74, 6) is -0.138. The molecule has 2 aromatic rings. The van der Waals surface area contributed by atoms with Gasteiger partial charge in [0.05, 0.1) is 0 Å². The topological polar surface area (TPSA) is 61.4 Å². The number of carbonyl (C=O) groups is 2. The van der Waals surface area contributed by atoms with E-state index in [1.54, 1.807) is 36.2 Å². The van der Waals surface area contributed by atoms with Crippen LogP contribution in [0.25, 0.3) is 0 Å². The van der Waals surface area contributed by atoms with Crippen molar-refractivity contribution >= 4 is 33.6 Å². The molecule has 2 N–H and O–H groups in total. The summed E-state index contributed by atoms with van der Waals surface area (Å²) in [5, 5.41) is 5.74. The first kappa shape index (κ1) is 20.0. The van der Waals surface area contributed by atoms with E-state index in [-0.39, 0.29) is 17.5 Å². The Morgan fingerprint density at radius 1 is 1.04 bits per heavy atom. The van der Waals surface area contributed by atoms with Crippen LogP contribution in [0.3, 0.4) is 0 Å². The van der Waals surface area contributed by atoms with Crippen LogP contribution in [-0.4, -0.2) is 29.4 Å². The van der Waals surface area contributed by atoms with Gasteiger partial charge in [-0.2, -0.15) is 0 Å². The minimum absolute atomic E-state index is 0.138. The smallest absolute Gasteiger partial charge is 0.321 e. The quantitative estimate of drug-likeness (QED) is 0.760. The summed E-state index contributed by atoms with van der Waals surface area (Å²) < 4.78 is 0.967. The molecule has 0 spiro atoms. The zero-order valence-corrected chi connectivity index (χ0v) is 17.1. The number of rotatable bonds is 4. The van der Waals surface area contributed by atoms with Crippen LogP contribution in [0.1, 0.15) is 36.7 Å². The molecule has 26 heavy (non-hydrogen) atoms. The molecule has 2 aromatic carbocycles. The van der Waals surface area contributed by atoms with E-state index in [4.69, 9.17) is 0 Å². The van der Waals surface area contributed by atoms with Gasteiger partial charge in [0, 0.05) is 34.9 Å². The lowest BCUT2D eigenvalue weighted by atomic mass is 10.1. The molecule has 3 amide bonds. The summed E-state index contributed by atoms with van der Waals surface area (Å²) in [4.78, 5) is 26.1. The first-order chi connectivity index (χ1) is 12.2. The van der Waals surface area contributed by atoms with E-state index >= 15 is 0 Å². The maximum Gasteiger partial charge on any atom is 0.321 e. The third kappa shape index (κ3) is 5.88. The monoisotopic (exact) mass is 417 g/mol. The summed E-state index contributed by atoms with van der Waals surface area (Å²) in [5.41, 5.74) is 1.93. The highest BCUT2D eigenvalue weighted by Crippen LogP contribution is 2.18. The second-order valence-electron chi connectivity index (χ2n) is 7.16. The molecule has 0 saturated carbocycles. The predicted octanol–water partition coefficient (Wildman–Crippen LogP) is 4.64. The lowest BCUT2D eigenvalue weighted by molar-refractivity contribution is 0.0919. The average molecular weight is 418 g/mol. The van der Waals surface area contributed by atoms with E-state index in [2.05, 4.69) is 26.6 Å². The van der Waals surface area contributed by atoms with Crippen molar-refractivity contribution in [2.75, 3.05) is 12.4 Å². The zero-order valence-electron chi connectivity index (χ0n) is 15.5. The second kappa shape index (κ2) is 8.36. The van der Waals surface area contributed by atoms with E-state index < -0.39 is 0 Å². The number of hydrogen-bond acceptors (Lipinski definition) is 2. The van der Waals surface area contributed by atoms with Gasteiger partial charge in [0.25, 0.3) is 5.91 Å². The summed E-state index contributed by atoms with van der Waals surface area (Å²) in [6.45, 7) is 6.28. The zero-order chi connectivity index (χ0) is 19.3. The standard InChI is InChI=1S/C20H24BrN3O2/c1-20(2,3)23-18(25)14-9-11-16(12-10-14)22-19(26)24(4)13-15-7-5-6-8-17(15)21/h5-12H,13H2,1-4H3,(H,22,26)(H,23,25). The molecule has 0 aliphatic carbocycles. The van der Waals surface area contributed by atoms with Crippen molar-refractivity contribution in [2.45, 2.75) is 32.9 Å². The Morgan fingerprint density at radius 2 is 1.65 bits per heavy atom. The van der Waals surface area contributed by atoms with E-state index in [0.717, 1.165) is 10.0 Å². The largest absolute Gasteiger partial charge is 0.347 e. The highest BCUT2D eigenvalue weighted by molar-refractivity contribution is 9.10. The van der Waals surface area contributed by atoms with Crippen molar-refractivity contribution in [3.8, 4) is 0 Å². The van der Waals surface area contributed by atoms with Crippen molar-refractivity contribution in [1.82, 2.24) is 10.2 Å². The van der Waals surface area contributed by atoms with Crippen molar-refractivity contribution in [2.24, 2.45) is 0 Å². The fourth-order valence-electron chi connectivity index (χ4n) is 2.29. The van der Waals surface area contributed by atoms with Gasteiger partial charge in [-0.15, -0.1) is 0 Å². The molecule has 0 heterocycles. The van der Waals surface area contributed by atoms with Gasteiger partial charge >= 0.3 is 6.03 Å². The van der Waals surface area contributed by atoms with E-state index in [1.807, 2.05) is 45.0 Å². The molecular weight excluding hydrogens is 394 g/mol. The number of anilines is 1. The second-order valence-corrected chi connectivity index (χ2v) is 8.01. The molecule has 0 atom stereocenters. The number of urea groups is 1. The Balaban J connectivity index is 1.96. The Labute approximate surface area is 162 Å². The molecule has 6 heteroatoms. The van der Waals surface area contributed by atoms with Gasteiger partial charge < -0.3 is 15.5 Å². The SMILES string of the molecule is CN(Cc1ccccc1Br)C(=O)Nc1ccc(C(=O)NC(C)(C)C)cc1. The summed E-state index contributed by atoms with van der Waals surface area (Å²) in [6.07, 6.45) is 0. The van der Waals surface area contributed by atoms with Gasteiger partial charge in [-0.25, -0.2) is 4.79 Å². The minimum Gasteiger partial charge on any atom is -0.347 e. The minimum atomic E-state index is -0.293. The van der Waals surface area contributed by atoms with Gasteiger partial charge in [-0.05, 0) is 56.7 Å². The molecule has 0 fully saturated rings. The van der Waals surface area contributed by atoms with Crippen LogP contribution in [0.2, 0.25) is 0 Å². The molecule has 0 aromatic heterocycles. The van der Waals surface area contributed by atoms with Crippen LogP contribution < -0.4 is 10.6 Å². The highest BCUT2D eigenvalue weighted by atomic mass is 79.9. The van der Waals surface area contributed by atoms with Crippen LogP contribution in [0.5, 0.6) is 0 Å². The third-order valence-corrected chi connectivity index (χ3v) is 4.37. The molecule has 0 aliphatic rings. The summed E-state index contributed by atoms with van der Waals surface area (Å²) in [6, 6.07) is 14.4. The number of hydrogen-bond donors (Lipinski definition) is 2. The van der Waals surface area contributed by atoms with Gasteiger partial charge in [0.15, 0.2) is 0 Å². The normalized spacial score (nSPS) is 11.0. The van der Waals surface area contributed by atoms with Gasteiger partial charge in [0.1, 0.15) is 0 Å². The lowest BCUT2D eigenvalue weighted by Crippen LogP contribution is -2.40. The highest BCUT2D eigenvalue weighted by Gasteiger charge is 2.15. The summed E-state index contributed by atoms with van der Waals surface area (Å²) in [7, 11) is 1.74. The van der Waals surface area contributed by atoms with Gasteiger partial charge in [-0.1, -0.05) is 34.1 Å². The van der Waals surface area contributed by atoms with Gasteiger partial charge in [0.2, 0.25) is 0 Å². The van der Waals surface area contributed by atoms with Crippen molar-refractivity contribution < 1.29 is 9.59 Å². The summed E-state index contributed by atoms with van der Waals surface area (Å²) >= 11 is 3.49. The average Bonchev–Trinajstić information content (AvgIpc) is 2.56. The Kier molecular flexibility index (Phi) is 6.42. The van der Waals surface area contributed by atoms with Crippen LogP contribution in [0, 0.1) is 0 Å². The first-order valence-corrected chi connectivity index (χ1v) is 9.13. The van der Waals surface area contributed by atoms with Crippen LogP contribution in [0.15, 0.2) is 53.0 Å². The van der Waals surface area contributed by atoms with Gasteiger partial charge in [-0.3, -0.25) is 4.79 Å².